The first-order valence-corrected chi connectivity index (χ1v) is 8.32. The van der Waals surface area contributed by atoms with Gasteiger partial charge in [-0.05, 0) is 24.3 Å². The summed E-state index contributed by atoms with van der Waals surface area (Å²) in [5.74, 6) is -2.05. The van der Waals surface area contributed by atoms with Crippen LogP contribution in [0, 0.1) is 5.92 Å². The van der Waals surface area contributed by atoms with Crippen LogP contribution < -0.4 is 16.4 Å². The number of aliphatic hydroxyl groups is 1. The van der Waals surface area contributed by atoms with E-state index >= 15 is 0 Å². The summed E-state index contributed by atoms with van der Waals surface area (Å²) in [5, 5.41) is 22.9. The lowest BCUT2D eigenvalue weighted by molar-refractivity contribution is -0.142. The second-order valence-corrected chi connectivity index (χ2v) is 6.18. The Morgan fingerprint density at radius 2 is 1.68 bits per heavy atom. The third-order valence-electron chi connectivity index (χ3n) is 3.06. The summed E-state index contributed by atoms with van der Waals surface area (Å²) in [5.41, 5.74) is 5.66. The molecule has 0 spiro atoms. The van der Waals surface area contributed by atoms with E-state index in [4.69, 9.17) is 10.8 Å². The number of carbonyl (C=O) groups excluding carboxylic acids is 2. The normalized spacial score (nSPS) is 15.0. The van der Waals surface area contributed by atoms with Crippen LogP contribution in [0.4, 0.5) is 0 Å². The zero-order valence-electron chi connectivity index (χ0n) is 13.0. The van der Waals surface area contributed by atoms with Gasteiger partial charge in [0.2, 0.25) is 11.8 Å². The van der Waals surface area contributed by atoms with E-state index in [0.29, 0.717) is 5.75 Å². The molecule has 0 heterocycles. The predicted molar refractivity (Wildman–Crippen MR) is 84.4 cm³/mol. The van der Waals surface area contributed by atoms with Gasteiger partial charge in [-0.15, -0.1) is 0 Å². The predicted octanol–water partition coefficient (Wildman–Crippen LogP) is -1.23. The van der Waals surface area contributed by atoms with Crippen LogP contribution in [-0.2, 0) is 14.4 Å². The van der Waals surface area contributed by atoms with Gasteiger partial charge in [-0.3, -0.25) is 9.59 Å². The molecular formula is C13H25N3O5S. The van der Waals surface area contributed by atoms with Crippen LogP contribution in [0.5, 0.6) is 0 Å². The van der Waals surface area contributed by atoms with Gasteiger partial charge in [0.1, 0.15) is 12.1 Å². The molecule has 0 saturated carbocycles. The highest BCUT2D eigenvalue weighted by molar-refractivity contribution is 7.98. The lowest BCUT2D eigenvalue weighted by Crippen LogP contribution is -2.56. The van der Waals surface area contributed by atoms with Crippen LogP contribution in [-0.4, -0.2) is 64.7 Å². The first kappa shape index (κ1) is 20.7. The number of carboxylic acids is 1. The van der Waals surface area contributed by atoms with E-state index in [1.54, 1.807) is 13.8 Å². The number of aliphatic hydroxyl groups excluding tert-OH is 1. The number of hydrogen-bond donors (Lipinski definition) is 5. The fourth-order valence-corrected chi connectivity index (χ4v) is 2.00. The molecule has 0 aromatic heterocycles. The van der Waals surface area contributed by atoms with Gasteiger partial charge in [0, 0.05) is 0 Å². The molecule has 0 bridgehead atoms. The van der Waals surface area contributed by atoms with Gasteiger partial charge < -0.3 is 26.6 Å². The second kappa shape index (κ2) is 10.4. The van der Waals surface area contributed by atoms with Crippen molar-refractivity contribution >= 4 is 29.5 Å². The Hall–Kier alpha value is -1.32. The number of rotatable bonds is 10. The first-order chi connectivity index (χ1) is 10.2. The van der Waals surface area contributed by atoms with Crippen molar-refractivity contribution in [3.05, 3.63) is 0 Å². The van der Waals surface area contributed by atoms with Gasteiger partial charge in [-0.2, -0.15) is 11.8 Å². The molecule has 0 aliphatic heterocycles. The standard InChI is InChI=1S/C13H25N3O5S/c1-7(2)10(14)12(19)16-9(6-17)11(18)15-8(13(20)21)4-5-22-3/h7-10,17H,4-6,14H2,1-3H3,(H,15,18)(H,16,19)(H,20,21). The summed E-state index contributed by atoms with van der Waals surface area (Å²) < 4.78 is 0. The molecule has 22 heavy (non-hydrogen) atoms. The van der Waals surface area contributed by atoms with Crippen molar-refractivity contribution in [1.82, 2.24) is 10.6 Å². The average Bonchev–Trinajstić information content (AvgIpc) is 2.46. The van der Waals surface area contributed by atoms with Gasteiger partial charge >= 0.3 is 5.97 Å². The minimum atomic E-state index is -1.23. The molecule has 2 amide bonds. The maximum atomic E-state index is 12.0. The molecule has 0 aliphatic rings. The minimum absolute atomic E-state index is 0.129. The van der Waals surface area contributed by atoms with Crippen LogP contribution in [0.2, 0.25) is 0 Å². The van der Waals surface area contributed by atoms with Crippen LogP contribution in [0.1, 0.15) is 20.3 Å². The van der Waals surface area contributed by atoms with Crippen LogP contribution >= 0.6 is 11.8 Å². The topological polar surface area (TPSA) is 142 Å². The number of amides is 2. The summed E-state index contributed by atoms with van der Waals surface area (Å²) in [6, 6.07) is -3.10. The minimum Gasteiger partial charge on any atom is -0.480 e. The number of thioether (sulfide) groups is 1. The Morgan fingerprint density at radius 3 is 2.09 bits per heavy atom. The van der Waals surface area contributed by atoms with Gasteiger partial charge in [-0.25, -0.2) is 4.79 Å². The Bertz CT molecular complexity index is 392. The highest BCUT2D eigenvalue weighted by Gasteiger charge is 2.27. The van der Waals surface area contributed by atoms with Crippen molar-refractivity contribution in [3.8, 4) is 0 Å². The molecule has 0 aromatic rings. The van der Waals surface area contributed by atoms with Gasteiger partial charge in [-0.1, -0.05) is 13.8 Å². The van der Waals surface area contributed by atoms with Crippen molar-refractivity contribution in [1.29, 1.82) is 0 Å². The third kappa shape index (κ3) is 7.10. The van der Waals surface area contributed by atoms with Gasteiger partial charge in [0.15, 0.2) is 0 Å². The molecule has 3 atom stereocenters. The van der Waals surface area contributed by atoms with Crippen molar-refractivity contribution in [3.63, 3.8) is 0 Å². The van der Waals surface area contributed by atoms with Gasteiger partial charge in [0.25, 0.3) is 0 Å². The largest absolute Gasteiger partial charge is 0.480 e. The molecule has 0 aromatic carbocycles. The lowest BCUT2D eigenvalue weighted by atomic mass is 10.0. The summed E-state index contributed by atoms with van der Waals surface area (Å²) in [6.07, 6.45) is 2.07. The number of carbonyl (C=O) groups is 3. The monoisotopic (exact) mass is 335 g/mol. The summed E-state index contributed by atoms with van der Waals surface area (Å²) in [4.78, 5) is 34.9. The fourth-order valence-electron chi connectivity index (χ4n) is 1.53. The number of hydrogen-bond acceptors (Lipinski definition) is 6. The van der Waals surface area contributed by atoms with E-state index in [-0.39, 0.29) is 12.3 Å². The number of carboxylic acid groups (broad SMARTS) is 1. The summed E-state index contributed by atoms with van der Waals surface area (Å²) in [7, 11) is 0. The molecule has 8 nitrogen and oxygen atoms in total. The van der Waals surface area contributed by atoms with Crippen molar-refractivity contribution in [2.45, 2.75) is 38.4 Å². The molecule has 0 fully saturated rings. The maximum absolute atomic E-state index is 12.0. The Morgan fingerprint density at radius 1 is 1.14 bits per heavy atom. The lowest BCUT2D eigenvalue weighted by Gasteiger charge is -2.22. The molecule has 0 rings (SSSR count). The SMILES string of the molecule is CSCCC(NC(=O)C(CO)NC(=O)C(N)C(C)C)C(=O)O. The molecule has 6 N–H and O–H groups in total. The Kier molecular flexibility index (Phi) is 9.79. The second-order valence-electron chi connectivity index (χ2n) is 5.19. The van der Waals surface area contributed by atoms with Crippen LogP contribution in [0.15, 0.2) is 0 Å². The zero-order valence-corrected chi connectivity index (χ0v) is 13.9. The summed E-state index contributed by atoms with van der Waals surface area (Å²) >= 11 is 1.46. The molecule has 128 valence electrons. The smallest absolute Gasteiger partial charge is 0.326 e. The third-order valence-corrected chi connectivity index (χ3v) is 3.71. The van der Waals surface area contributed by atoms with E-state index in [9.17, 15) is 19.5 Å². The molecule has 9 heteroatoms. The van der Waals surface area contributed by atoms with E-state index in [2.05, 4.69) is 10.6 Å². The molecule has 0 aliphatic carbocycles. The molecule has 3 unspecified atom stereocenters. The van der Waals surface area contributed by atoms with E-state index in [1.165, 1.54) is 11.8 Å². The number of aliphatic carboxylic acids is 1. The van der Waals surface area contributed by atoms with E-state index in [0.717, 1.165) is 0 Å². The van der Waals surface area contributed by atoms with E-state index < -0.39 is 42.5 Å². The summed E-state index contributed by atoms with van der Waals surface area (Å²) in [6.45, 7) is 2.86. The molecular weight excluding hydrogens is 310 g/mol. The van der Waals surface area contributed by atoms with Crippen molar-refractivity contribution in [2.24, 2.45) is 11.7 Å². The van der Waals surface area contributed by atoms with Gasteiger partial charge in [0.05, 0.1) is 12.6 Å². The number of nitrogens with two attached hydrogens (primary N) is 1. The molecule has 0 saturated heterocycles. The zero-order chi connectivity index (χ0) is 17.3. The molecule has 0 radical (unpaired) electrons. The highest BCUT2D eigenvalue weighted by Crippen LogP contribution is 2.02. The van der Waals surface area contributed by atoms with E-state index in [1.807, 2.05) is 6.26 Å². The first-order valence-electron chi connectivity index (χ1n) is 6.93. The van der Waals surface area contributed by atoms with Crippen molar-refractivity contribution < 1.29 is 24.6 Å². The van der Waals surface area contributed by atoms with Crippen LogP contribution in [0.25, 0.3) is 0 Å². The van der Waals surface area contributed by atoms with Crippen LogP contribution in [0.3, 0.4) is 0 Å². The average molecular weight is 335 g/mol. The highest BCUT2D eigenvalue weighted by atomic mass is 32.2. The quantitative estimate of drug-likeness (QED) is 0.336. The Labute approximate surface area is 134 Å². The fraction of sp³-hybridized carbons (Fsp3) is 0.769. The maximum Gasteiger partial charge on any atom is 0.326 e. The number of nitrogens with one attached hydrogen (secondary N) is 2. The van der Waals surface area contributed by atoms with Crippen molar-refractivity contribution in [2.75, 3.05) is 18.6 Å². The Balaban J connectivity index is 4.69.